The van der Waals surface area contributed by atoms with Crippen LogP contribution in [0.25, 0.3) is 21.2 Å². The van der Waals surface area contributed by atoms with Gasteiger partial charge < -0.3 is 19.0 Å². The Morgan fingerprint density at radius 3 is 2.46 bits per heavy atom. The van der Waals surface area contributed by atoms with Gasteiger partial charge in [-0.3, -0.25) is 0 Å². The first kappa shape index (κ1) is 17.1. The second kappa shape index (κ2) is 6.83. The van der Waals surface area contributed by atoms with Gasteiger partial charge in [-0.15, -0.1) is 0 Å². The average Bonchev–Trinajstić information content (AvgIpc) is 3.18. The molecule has 0 aliphatic carbocycles. The number of anilines is 2. The molecule has 7 heteroatoms. The standard InChI is InChI=1S/C21H19N3O3S/c1-26-15-4-2-14(3-5-15)23-10-12-24(13-11-23)21-22-17-7-8-18-16(20(17)28-21)6-9-19(25)27-18/h2-9H,10-13H2,1H3. The minimum atomic E-state index is -0.328. The number of rotatable bonds is 3. The lowest BCUT2D eigenvalue weighted by Crippen LogP contribution is -2.46. The lowest BCUT2D eigenvalue weighted by atomic mass is 10.2. The Morgan fingerprint density at radius 2 is 1.71 bits per heavy atom. The van der Waals surface area contributed by atoms with Crippen LogP contribution in [-0.2, 0) is 0 Å². The van der Waals surface area contributed by atoms with Gasteiger partial charge in [-0.25, -0.2) is 9.78 Å². The topological polar surface area (TPSA) is 58.8 Å². The van der Waals surface area contributed by atoms with E-state index >= 15 is 0 Å². The molecule has 0 amide bonds. The van der Waals surface area contributed by atoms with Crippen LogP contribution >= 0.6 is 11.3 Å². The Balaban J connectivity index is 1.37. The number of hydrogen-bond acceptors (Lipinski definition) is 7. The second-order valence-corrected chi connectivity index (χ2v) is 7.73. The van der Waals surface area contributed by atoms with E-state index in [4.69, 9.17) is 14.1 Å². The van der Waals surface area contributed by atoms with Gasteiger partial charge in [-0.05, 0) is 42.5 Å². The fourth-order valence-corrected chi connectivity index (χ4v) is 4.74. The maximum Gasteiger partial charge on any atom is 0.336 e. The lowest BCUT2D eigenvalue weighted by Gasteiger charge is -2.36. The first-order chi connectivity index (χ1) is 13.7. The summed E-state index contributed by atoms with van der Waals surface area (Å²) in [5, 5.41) is 1.96. The minimum Gasteiger partial charge on any atom is -0.497 e. The number of aromatic nitrogens is 1. The number of nitrogens with zero attached hydrogens (tertiary/aromatic N) is 3. The van der Waals surface area contributed by atoms with E-state index in [1.54, 1.807) is 18.4 Å². The van der Waals surface area contributed by atoms with E-state index in [2.05, 4.69) is 21.9 Å². The number of ether oxygens (including phenoxy) is 1. The number of fused-ring (bicyclic) bond motifs is 3. The zero-order valence-electron chi connectivity index (χ0n) is 15.4. The highest BCUT2D eigenvalue weighted by Crippen LogP contribution is 2.34. The zero-order valence-corrected chi connectivity index (χ0v) is 16.2. The molecule has 1 aliphatic rings. The molecule has 0 bridgehead atoms. The van der Waals surface area contributed by atoms with Crippen LogP contribution in [0.2, 0.25) is 0 Å². The van der Waals surface area contributed by atoms with Crippen LogP contribution in [0.5, 0.6) is 5.75 Å². The molecule has 6 nitrogen and oxygen atoms in total. The van der Waals surface area contributed by atoms with Crippen LogP contribution in [0.1, 0.15) is 0 Å². The van der Waals surface area contributed by atoms with E-state index in [0.29, 0.717) is 5.58 Å². The van der Waals surface area contributed by atoms with Crippen molar-refractivity contribution >= 4 is 43.3 Å². The number of methoxy groups -OCH3 is 1. The highest BCUT2D eigenvalue weighted by Gasteiger charge is 2.21. The van der Waals surface area contributed by atoms with E-state index < -0.39 is 0 Å². The Hall–Kier alpha value is -3.06. The summed E-state index contributed by atoms with van der Waals surface area (Å²) in [5.41, 5.74) is 2.44. The molecule has 2 aromatic carbocycles. The third-order valence-electron chi connectivity index (χ3n) is 5.13. The van der Waals surface area contributed by atoms with Gasteiger partial charge >= 0.3 is 5.63 Å². The molecule has 1 aliphatic heterocycles. The van der Waals surface area contributed by atoms with Gasteiger partial charge in [0.15, 0.2) is 5.13 Å². The predicted molar refractivity (Wildman–Crippen MR) is 113 cm³/mol. The van der Waals surface area contributed by atoms with Crippen molar-refractivity contribution < 1.29 is 9.15 Å². The maximum atomic E-state index is 11.5. The molecule has 2 aromatic heterocycles. The van der Waals surface area contributed by atoms with Gasteiger partial charge in [0.05, 0.1) is 17.3 Å². The number of piperazine rings is 1. The molecular formula is C21H19N3O3S. The van der Waals surface area contributed by atoms with Crippen molar-refractivity contribution in [3.05, 3.63) is 59.0 Å². The highest BCUT2D eigenvalue weighted by atomic mass is 32.1. The van der Waals surface area contributed by atoms with Crippen molar-refractivity contribution in [3.63, 3.8) is 0 Å². The minimum absolute atomic E-state index is 0.328. The van der Waals surface area contributed by atoms with E-state index in [1.165, 1.54) is 11.8 Å². The molecule has 3 heterocycles. The Morgan fingerprint density at radius 1 is 0.964 bits per heavy atom. The summed E-state index contributed by atoms with van der Waals surface area (Å²) in [7, 11) is 1.68. The Labute approximate surface area is 165 Å². The van der Waals surface area contributed by atoms with E-state index in [9.17, 15) is 4.79 Å². The van der Waals surface area contributed by atoms with Crippen LogP contribution in [0.3, 0.4) is 0 Å². The molecule has 142 valence electrons. The maximum absolute atomic E-state index is 11.5. The summed E-state index contributed by atoms with van der Waals surface area (Å²) in [6.45, 7) is 3.72. The molecule has 4 aromatic rings. The van der Waals surface area contributed by atoms with Crippen molar-refractivity contribution in [1.29, 1.82) is 0 Å². The highest BCUT2D eigenvalue weighted by molar-refractivity contribution is 7.23. The smallest absolute Gasteiger partial charge is 0.336 e. The van der Waals surface area contributed by atoms with Crippen molar-refractivity contribution in [2.75, 3.05) is 43.1 Å². The largest absolute Gasteiger partial charge is 0.497 e. The molecule has 1 fully saturated rings. The normalized spacial score (nSPS) is 14.8. The molecule has 0 saturated carbocycles. The molecule has 0 unspecified atom stereocenters. The van der Waals surface area contributed by atoms with Gasteiger partial charge in [0, 0.05) is 43.3 Å². The van der Waals surface area contributed by atoms with E-state index in [-0.39, 0.29) is 5.63 Å². The van der Waals surface area contributed by atoms with E-state index in [1.807, 2.05) is 30.3 Å². The molecule has 0 radical (unpaired) electrons. The fourth-order valence-electron chi connectivity index (χ4n) is 3.61. The van der Waals surface area contributed by atoms with Crippen LogP contribution in [-0.4, -0.2) is 38.3 Å². The van der Waals surface area contributed by atoms with Crippen molar-refractivity contribution in [3.8, 4) is 5.75 Å². The number of thiazole rings is 1. The predicted octanol–water partition coefficient (Wildman–Crippen LogP) is 3.74. The van der Waals surface area contributed by atoms with Gasteiger partial charge in [0.2, 0.25) is 0 Å². The summed E-state index contributed by atoms with van der Waals surface area (Å²) in [6, 6.07) is 15.2. The van der Waals surface area contributed by atoms with Crippen LogP contribution < -0.4 is 20.2 Å². The Bertz CT molecular complexity index is 1190. The van der Waals surface area contributed by atoms with Crippen LogP contribution in [0, 0.1) is 0 Å². The van der Waals surface area contributed by atoms with Gasteiger partial charge in [-0.2, -0.15) is 0 Å². The summed E-state index contributed by atoms with van der Waals surface area (Å²) in [4.78, 5) is 21.0. The molecule has 0 N–H and O–H groups in total. The summed E-state index contributed by atoms with van der Waals surface area (Å²) < 4.78 is 11.6. The van der Waals surface area contributed by atoms with Gasteiger partial charge in [0.25, 0.3) is 0 Å². The molecule has 1 saturated heterocycles. The van der Waals surface area contributed by atoms with Crippen molar-refractivity contribution in [2.24, 2.45) is 0 Å². The number of hydrogen-bond donors (Lipinski definition) is 0. The molecule has 0 atom stereocenters. The zero-order chi connectivity index (χ0) is 19.1. The third-order valence-corrected chi connectivity index (χ3v) is 6.29. The Kier molecular flexibility index (Phi) is 4.16. The van der Waals surface area contributed by atoms with Crippen LogP contribution in [0.15, 0.2) is 57.7 Å². The summed E-state index contributed by atoms with van der Waals surface area (Å²) in [6.07, 6.45) is 0. The van der Waals surface area contributed by atoms with Gasteiger partial charge in [0.1, 0.15) is 11.3 Å². The third kappa shape index (κ3) is 2.97. The fraction of sp³-hybridized carbons (Fsp3) is 0.238. The summed E-state index contributed by atoms with van der Waals surface area (Å²) in [5.74, 6) is 0.875. The van der Waals surface area contributed by atoms with Crippen LogP contribution in [0.4, 0.5) is 10.8 Å². The first-order valence-electron chi connectivity index (χ1n) is 9.19. The lowest BCUT2D eigenvalue weighted by molar-refractivity contribution is 0.415. The number of benzene rings is 2. The average molecular weight is 393 g/mol. The van der Waals surface area contributed by atoms with Gasteiger partial charge in [-0.1, -0.05) is 11.3 Å². The van der Waals surface area contributed by atoms with Crippen molar-refractivity contribution in [1.82, 2.24) is 4.98 Å². The molecule has 0 spiro atoms. The first-order valence-corrected chi connectivity index (χ1v) is 10.0. The molecule has 5 rings (SSSR count). The monoisotopic (exact) mass is 393 g/mol. The van der Waals surface area contributed by atoms with Crippen molar-refractivity contribution in [2.45, 2.75) is 0 Å². The summed E-state index contributed by atoms with van der Waals surface area (Å²) >= 11 is 1.66. The quantitative estimate of drug-likeness (QED) is 0.494. The molecule has 28 heavy (non-hydrogen) atoms. The SMILES string of the molecule is COc1ccc(N2CCN(c3nc4ccc5oc(=O)ccc5c4s3)CC2)cc1. The van der Waals surface area contributed by atoms with E-state index in [0.717, 1.165) is 52.7 Å². The molecular weight excluding hydrogens is 374 g/mol. The second-order valence-electron chi connectivity index (χ2n) is 6.75.